The van der Waals surface area contributed by atoms with Gasteiger partial charge in [0.25, 0.3) is 0 Å². The molecule has 2 atom stereocenters. The number of hydrogen-bond donors (Lipinski definition) is 0. The molecule has 0 saturated carbocycles. The number of aromatic nitrogens is 1. The lowest BCUT2D eigenvalue weighted by molar-refractivity contribution is -0.131. The Bertz CT molecular complexity index is 706. The quantitative estimate of drug-likeness (QED) is 0.817. The van der Waals surface area contributed by atoms with Gasteiger partial charge in [0, 0.05) is 45.0 Å². The third kappa shape index (κ3) is 4.03. The molecule has 2 aliphatic heterocycles. The molecule has 1 amide bonds. The van der Waals surface area contributed by atoms with E-state index < -0.39 is 10.0 Å². The molecule has 2 fully saturated rings. The van der Waals surface area contributed by atoms with Crippen molar-refractivity contribution < 1.29 is 13.2 Å². The fourth-order valence-electron chi connectivity index (χ4n) is 3.87. The second-order valence-electron chi connectivity index (χ2n) is 7.55. The highest BCUT2D eigenvalue weighted by molar-refractivity contribution is 7.90. The molecule has 138 valence electrons. The second kappa shape index (κ2) is 7.41. The molecule has 0 bridgehead atoms. The molecular formula is C18H27N3O3S. The maximum absolute atomic E-state index is 12.9. The minimum Gasteiger partial charge on any atom is -0.343 e. The third-order valence-corrected chi connectivity index (χ3v) is 7.56. The lowest BCUT2D eigenvalue weighted by Gasteiger charge is -2.23. The zero-order valence-corrected chi connectivity index (χ0v) is 15.8. The Morgan fingerprint density at radius 1 is 1.32 bits per heavy atom. The van der Waals surface area contributed by atoms with Gasteiger partial charge in [0.2, 0.25) is 15.9 Å². The van der Waals surface area contributed by atoms with Crippen LogP contribution in [0, 0.1) is 11.8 Å². The number of hydrogen-bond acceptors (Lipinski definition) is 4. The first-order valence-corrected chi connectivity index (χ1v) is 10.5. The summed E-state index contributed by atoms with van der Waals surface area (Å²) in [7, 11) is -3.31. The molecule has 3 heterocycles. The maximum atomic E-state index is 12.9. The first-order chi connectivity index (χ1) is 11.9. The fourth-order valence-corrected chi connectivity index (χ4v) is 6.10. The van der Waals surface area contributed by atoms with Crippen molar-refractivity contribution in [1.82, 2.24) is 14.2 Å². The van der Waals surface area contributed by atoms with Crippen LogP contribution < -0.4 is 0 Å². The summed E-state index contributed by atoms with van der Waals surface area (Å²) in [4.78, 5) is 18.2. The Kier molecular flexibility index (Phi) is 5.43. The lowest BCUT2D eigenvalue weighted by atomic mass is 10.0. The zero-order valence-electron chi connectivity index (χ0n) is 15.0. The van der Waals surface area contributed by atoms with Crippen molar-refractivity contribution in [3.63, 3.8) is 0 Å². The first-order valence-electron chi connectivity index (χ1n) is 9.03. The van der Waals surface area contributed by atoms with E-state index in [-0.39, 0.29) is 17.1 Å². The second-order valence-corrected chi connectivity index (χ2v) is 9.71. The average molecular weight is 365 g/mol. The van der Waals surface area contributed by atoms with Gasteiger partial charge in [-0.15, -0.1) is 0 Å². The van der Waals surface area contributed by atoms with E-state index in [1.165, 1.54) is 0 Å². The highest BCUT2D eigenvalue weighted by atomic mass is 32.2. The molecule has 7 heteroatoms. The molecule has 2 saturated heterocycles. The van der Waals surface area contributed by atoms with Crippen molar-refractivity contribution in [2.75, 3.05) is 19.6 Å². The fraction of sp³-hybridized carbons (Fsp3) is 0.667. The predicted molar refractivity (Wildman–Crippen MR) is 96.1 cm³/mol. The van der Waals surface area contributed by atoms with E-state index >= 15 is 0 Å². The summed E-state index contributed by atoms with van der Waals surface area (Å²) in [5.41, 5.74) is 0.913. The number of carbonyl (C=O) groups excluding carboxylic acids is 1. The van der Waals surface area contributed by atoms with Gasteiger partial charge in [-0.1, -0.05) is 19.9 Å². The van der Waals surface area contributed by atoms with E-state index in [0.29, 0.717) is 44.9 Å². The maximum Gasteiger partial charge on any atom is 0.222 e. The van der Waals surface area contributed by atoms with Gasteiger partial charge in [0.1, 0.15) is 0 Å². The van der Waals surface area contributed by atoms with Gasteiger partial charge < -0.3 is 4.90 Å². The summed E-state index contributed by atoms with van der Waals surface area (Å²) in [5.74, 6) is 0.590. The Morgan fingerprint density at radius 2 is 2.08 bits per heavy atom. The summed E-state index contributed by atoms with van der Waals surface area (Å²) in [6, 6.07) is 3.73. The Labute approximate surface area is 150 Å². The number of nitrogens with zero attached hydrogens (tertiary/aromatic N) is 3. The third-order valence-electron chi connectivity index (χ3n) is 5.18. The molecule has 3 rings (SSSR count). The van der Waals surface area contributed by atoms with Crippen LogP contribution in [0.15, 0.2) is 24.5 Å². The molecule has 0 aliphatic carbocycles. The Morgan fingerprint density at radius 3 is 2.76 bits per heavy atom. The van der Waals surface area contributed by atoms with Crippen LogP contribution in [0.4, 0.5) is 0 Å². The van der Waals surface area contributed by atoms with E-state index in [2.05, 4.69) is 4.98 Å². The van der Waals surface area contributed by atoms with Crippen molar-refractivity contribution in [3.8, 4) is 0 Å². The van der Waals surface area contributed by atoms with E-state index in [1.807, 2.05) is 30.9 Å². The first kappa shape index (κ1) is 18.3. The summed E-state index contributed by atoms with van der Waals surface area (Å²) < 4.78 is 27.5. The largest absolute Gasteiger partial charge is 0.343 e. The molecule has 0 N–H and O–H groups in total. The molecule has 1 aromatic heterocycles. The molecule has 0 aromatic carbocycles. The van der Waals surface area contributed by atoms with E-state index in [0.717, 1.165) is 12.0 Å². The number of amides is 1. The van der Waals surface area contributed by atoms with Crippen LogP contribution in [0.2, 0.25) is 0 Å². The minimum absolute atomic E-state index is 0.110. The monoisotopic (exact) mass is 365 g/mol. The van der Waals surface area contributed by atoms with Gasteiger partial charge in [-0.3, -0.25) is 9.78 Å². The van der Waals surface area contributed by atoms with Crippen molar-refractivity contribution in [1.29, 1.82) is 0 Å². The van der Waals surface area contributed by atoms with Crippen LogP contribution in [0.5, 0.6) is 0 Å². The van der Waals surface area contributed by atoms with Gasteiger partial charge in [-0.2, -0.15) is 4.31 Å². The summed E-state index contributed by atoms with van der Waals surface area (Å²) in [6.45, 7) is 6.22. The van der Waals surface area contributed by atoms with Crippen molar-refractivity contribution in [2.45, 2.75) is 44.9 Å². The van der Waals surface area contributed by atoms with Gasteiger partial charge in [-0.05, 0) is 36.3 Å². The number of sulfonamides is 1. The summed E-state index contributed by atoms with van der Waals surface area (Å²) in [5, 5.41) is -0.360. The molecule has 0 spiro atoms. The van der Waals surface area contributed by atoms with Gasteiger partial charge in [0.05, 0.1) is 5.25 Å². The van der Waals surface area contributed by atoms with Crippen LogP contribution in [0.25, 0.3) is 0 Å². The normalized spacial score (nSPS) is 26.4. The molecular weight excluding hydrogens is 338 g/mol. The van der Waals surface area contributed by atoms with Crippen molar-refractivity contribution >= 4 is 15.9 Å². The van der Waals surface area contributed by atoms with Crippen LogP contribution in [-0.4, -0.2) is 53.4 Å². The van der Waals surface area contributed by atoms with E-state index in [4.69, 9.17) is 0 Å². The molecule has 6 nitrogen and oxygen atoms in total. The highest BCUT2D eigenvalue weighted by Gasteiger charge is 2.47. The number of pyridine rings is 1. The van der Waals surface area contributed by atoms with E-state index in [9.17, 15) is 13.2 Å². The smallest absolute Gasteiger partial charge is 0.222 e. The van der Waals surface area contributed by atoms with Gasteiger partial charge >= 0.3 is 0 Å². The topological polar surface area (TPSA) is 70.6 Å². The SMILES string of the molecule is CC(C)CC(=O)N1CC[C@@H]2CN(Cc3cccnc3)S(=O)(=O)[C@@H]2CC1. The van der Waals surface area contributed by atoms with Gasteiger partial charge in [0.15, 0.2) is 0 Å². The predicted octanol–water partition coefficient (Wildman–Crippen LogP) is 1.88. The van der Waals surface area contributed by atoms with Crippen LogP contribution in [0.3, 0.4) is 0 Å². The molecule has 0 unspecified atom stereocenters. The Hall–Kier alpha value is -1.47. The minimum atomic E-state index is -3.31. The number of likely N-dealkylation sites (tertiary alicyclic amines) is 1. The molecule has 2 aliphatic rings. The number of carbonyl (C=O) groups is 1. The van der Waals surface area contributed by atoms with Gasteiger partial charge in [-0.25, -0.2) is 8.42 Å². The average Bonchev–Trinajstić information content (AvgIpc) is 2.71. The standard InChI is InChI=1S/C18H27N3O3S/c1-14(2)10-18(22)20-8-5-16-13-21(12-15-4-3-7-19-11-15)25(23,24)17(16)6-9-20/h3-4,7,11,14,16-17H,5-6,8-10,12-13H2,1-2H3/t16-,17-/m1/s1. The van der Waals surface area contributed by atoms with E-state index in [1.54, 1.807) is 16.7 Å². The van der Waals surface area contributed by atoms with Crippen LogP contribution in [0.1, 0.15) is 38.7 Å². The summed E-state index contributed by atoms with van der Waals surface area (Å²) in [6.07, 6.45) is 5.25. The molecule has 0 radical (unpaired) electrons. The van der Waals surface area contributed by atoms with Crippen LogP contribution in [-0.2, 0) is 21.4 Å². The number of fused-ring (bicyclic) bond motifs is 1. The van der Waals surface area contributed by atoms with Crippen molar-refractivity contribution in [3.05, 3.63) is 30.1 Å². The highest BCUT2D eigenvalue weighted by Crippen LogP contribution is 2.35. The molecule has 25 heavy (non-hydrogen) atoms. The lowest BCUT2D eigenvalue weighted by Crippen LogP contribution is -2.35. The zero-order chi connectivity index (χ0) is 18.0. The number of rotatable bonds is 4. The van der Waals surface area contributed by atoms with Crippen molar-refractivity contribution in [2.24, 2.45) is 11.8 Å². The molecule has 1 aromatic rings. The summed E-state index contributed by atoms with van der Waals surface area (Å²) >= 11 is 0. The van der Waals surface area contributed by atoms with Crippen LogP contribution >= 0.6 is 0 Å². The Balaban J connectivity index is 1.67.